The molecule has 0 saturated heterocycles. The van der Waals surface area contributed by atoms with Crippen LogP contribution in [-0.2, 0) is 0 Å². The van der Waals surface area contributed by atoms with E-state index in [1.165, 1.54) is 44.3 Å². The van der Waals surface area contributed by atoms with Crippen molar-refractivity contribution in [3.05, 3.63) is 0 Å². The van der Waals surface area contributed by atoms with Gasteiger partial charge >= 0.3 is 0 Å². The normalized spacial score (nSPS) is 34.0. The highest BCUT2D eigenvalue weighted by atomic mass is 32.2. The zero-order valence-corrected chi connectivity index (χ0v) is 11.0. The van der Waals surface area contributed by atoms with E-state index in [1.54, 1.807) is 0 Å². The number of nitrogens with one attached hydrogen (secondary N) is 1. The van der Waals surface area contributed by atoms with Gasteiger partial charge in [-0.3, -0.25) is 0 Å². The van der Waals surface area contributed by atoms with Gasteiger partial charge in [0.15, 0.2) is 0 Å². The van der Waals surface area contributed by atoms with Gasteiger partial charge in [0.1, 0.15) is 0 Å². The summed E-state index contributed by atoms with van der Waals surface area (Å²) in [7, 11) is 2.13. The molecule has 0 bridgehead atoms. The van der Waals surface area contributed by atoms with Crippen LogP contribution in [0.4, 0.5) is 0 Å². The van der Waals surface area contributed by atoms with Crippen molar-refractivity contribution in [3.63, 3.8) is 0 Å². The lowest BCUT2D eigenvalue weighted by Gasteiger charge is -2.27. The molecule has 0 aliphatic heterocycles. The lowest BCUT2D eigenvalue weighted by molar-refractivity contribution is 0.393. The molecule has 0 radical (unpaired) electrons. The highest BCUT2D eigenvalue weighted by Crippen LogP contribution is 2.37. The van der Waals surface area contributed by atoms with Gasteiger partial charge in [-0.05, 0) is 44.6 Å². The van der Waals surface area contributed by atoms with Crippen LogP contribution in [0.3, 0.4) is 0 Å². The topological polar surface area (TPSA) is 12.0 Å². The second-order valence-corrected chi connectivity index (χ2v) is 6.79. The monoisotopic (exact) mass is 227 g/mol. The fraction of sp³-hybridized carbons (Fsp3) is 1.00. The number of rotatable bonds is 5. The molecule has 15 heavy (non-hydrogen) atoms. The molecule has 3 unspecified atom stereocenters. The predicted octanol–water partition coefficient (Wildman–Crippen LogP) is 3.30. The van der Waals surface area contributed by atoms with E-state index >= 15 is 0 Å². The van der Waals surface area contributed by atoms with Gasteiger partial charge in [-0.15, -0.1) is 0 Å². The first-order valence-corrected chi connectivity index (χ1v) is 7.63. The third-order valence-corrected chi connectivity index (χ3v) is 5.41. The molecule has 1 nitrogen and oxygen atoms in total. The fourth-order valence-corrected chi connectivity index (χ4v) is 4.44. The van der Waals surface area contributed by atoms with Crippen LogP contribution >= 0.6 is 11.8 Å². The minimum atomic E-state index is 0.798. The Morgan fingerprint density at radius 3 is 2.67 bits per heavy atom. The SMILES string of the molecule is CNC(CSC1CCCC(C)C1)C1CC1. The molecular weight excluding hydrogens is 202 g/mol. The first-order chi connectivity index (χ1) is 7.29. The summed E-state index contributed by atoms with van der Waals surface area (Å²) in [4.78, 5) is 0. The van der Waals surface area contributed by atoms with Gasteiger partial charge in [0.2, 0.25) is 0 Å². The van der Waals surface area contributed by atoms with Crippen molar-refractivity contribution in [2.45, 2.75) is 56.7 Å². The molecule has 2 rings (SSSR count). The van der Waals surface area contributed by atoms with Gasteiger partial charge in [-0.1, -0.05) is 19.8 Å². The maximum absolute atomic E-state index is 3.49. The van der Waals surface area contributed by atoms with Gasteiger partial charge in [0.05, 0.1) is 0 Å². The van der Waals surface area contributed by atoms with Crippen LogP contribution in [0.1, 0.15) is 45.4 Å². The molecular formula is C13H25NS. The predicted molar refractivity (Wildman–Crippen MR) is 69.4 cm³/mol. The number of hydrogen-bond acceptors (Lipinski definition) is 2. The maximum atomic E-state index is 3.49. The number of thioether (sulfide) groups is 1. The Morgan fingerprint density at radius 2 is 2.07 bits per heavy atom. The van der Waals surface area contributed by atoms with E-state index in [9.17, 15) is 0 Å². The average Bonchev–Trinajstić information content (AvgIpc) is 3.03. The van der Waals surface area contributed by atoms with E-state index in [0.29, 0.717) is 0 Å². The van der Waals surface area contributed by atoms with Crippen molar-refractivity contribution in [1.29, 1.82) is 0 Å². The summed E-state index contributed by atoms with van der Waals surface area (Å²) in [5.41, 5.74) is 0. The molecule has 0 aromatic carbocycles. The first kappa shape index (κ1) is 11.8. The Morgan fingerprint density at radius 1 is 1.27 bits per heavy atom. The maximum Gasteiger partial charge on any atom is 0.0183 e. The average molecular weight is 227 g/mol. The van der Waals surface area contributed by atoms with Crippen molar-refractivity contribution in [3.8, 4) is 0 Å². The lowest BCUT2D eigenvalue weighted by Crippen LogP contribution is -2.31. The molecule has 2 saturated carbocycles. The first-order valence-electron chi connectivity index (χ1n) is 6.58. The highest BCUT2D eigenvalue weighted by molar-refractivity contribution is 7.99. The smallest absolute Gasteiger partial charge is 0.0183 e. The van der Waals surface area contributed by atoms with E-state index in [1.807, 2.05) is 0 Å². The Balaban J connectivity index is 1.67. The largest absolute Gasteiger partial charge is 0.316 e. The quantitative estimate of drug-likeness (QED) is 0.773. The van der Waals surface area contributed by atoms with Crippen molar-refractivity contribution in [1.82, 2.24) is 5.32 Å². The Kier molecular flexibility index (Phi) is 4.39. The van der Waals surface area contributed by atoms with Crippen LogP contribution in [-0.4, -0.2) is 24.1 Å². The van der Waals surface area contributed by atoms with E-state index in [0.717, 1.165) is 23.1 Å². The fourth-order valence-electron chi connectivity index (χ4n) is 2.72. The second-order valence-electron chi connectivity index (χ2n) is 5.46. The Hall–Kier alpha value is 0.310. The molecule has 0 spiro atoms. The lowest BCUT2D eigenvalue weighted by atomic mass is 9.91. The van der Waals surface area contributed by atoms with Crippen LogP contribution in [0.2, 0.25) is 0 Å². The summed E-state index contributed by atoms with van der Waals surface area (Å²) < 4.78 is 0. The summed E-state index contributed by atoms with van der Waals surface area (Å²) >= 11 is 2.24. The van der Waals surface area contributed by atoms with Crippen molar-refractivity contribution < 1.29 is 0 Å². The summed E-state index contributed by atoms with van der Waals surface area (Å²) in [6.07, 6.45) is 8.80. The third-order valence-electron chi connectivity index (χ3n) is 3.96. The molecule has 2 aliphatic carbocycles. The molecule has 1 N–H and O–H groups in total. The Bertz CT molecular complexity index is 191. The summed E-state index contributed by atoms with van der Waals surface area (Å²) in [5, 5.41) is 4.46. The van der Waals surface area contributed by atoms with E-state index in [2.05, 4.69) is 31.1 Å². The van der Waals surface area contributed by atoms with Crippen LogP contribution in [0, 0.1) is 11.8 Å². The minimum absolute atomic E-state index is 0.798. The van der Waals surface area contributed by atoms with Crippen molar-refractivity contribution >= 4 is 11.8 Å². The zero-order valence-electron chi connectivity index (χ0n) is 10.2. The van der Waals surface area contributed by atoms with E-state index in [4.69, 9.17) is 0 Å². The molecule has 0 heterocycles. The van der Waals surface area contributed by atoms with Crippen molar-refractivity contribution in [2.24, 2.45) is 11.8 Å². The summed E-state index contributed by atoms with van der Waals surface area (Å²) in [6.45, 7) is 2.42. The van der Waals surface area contributed by atoms with E-state index in [-0.39, 0.29) is 0 Å². The van der Waals surface area contributed by atoms with Crippen molar-refractivity contribution in [2.75, 3.05) is 12.8 Å². The van der Waals surface area contributed by atoms with Gasteiger partial charge in [-0.2, -0.15) is 11.8 Å². The standard InChI is InChI=1S/C13H25NS/c1-10-4-3-5-12(8-10)15-9-13(14-2)11-6-7-11/h10-14H,3-9H2,1-2H3. The van der Waals surface area contributed by atoms with Gasteiger partial charge in [0.25, 0.3) is 0 Å². The third kappa shape index (κ3) is 3.67. The van der Waals surface area contributed by atoms with Gasteiger partial charge in [-0.25, -0.2) is 0 Å². The Labute approximate surface area is 98.8 Å². The minimum Gasteiger partial charge on any atom is -0.316 e. The molecule has 0 aromatic rings. The van der Waals surface area contributed by atoms with Gasteiger partial charge < -0.3 is 5.32 Å². The highest BCUT2D eigenvalue weighted by Gasteiger charge is 2.30. The van der Waals surface area contributed by atoms with E-state index < -0.39 is 0 Å². The second kappa shape index (κ2) is 5.58. The molecule has 2 aliphatic rings. The summed E-state index contributed by atoms with van der Waals surface area (Å²) in [5.74, 6) is 3.33. The van der Waals surface area contributed by atoms with Crippen LogP contribution in [0.5, 0.6) is 0 Å². The van der Waals surface area contributed by atoms with Gasteiger partial charge in [0, 0.05) is 17.0 Å². The molecule has 3 atom stereocenters. The van der Waals surface area contributed by atoms with Crippen LogP contribution in [0.25, 0.3) is 0 Å². The molecule has 2 heteroatoms. The summed E-state index contributed by atoms with van der Waals surface area (Å²) in [6, 6.07) is 0.798. The molecule has 0 aromatic heterocycles. The molecule has 0 amide bonds. The van der Waals surface area contributed by atoms with Crippen LogP contribution < -0.4 is 5.32 Å². The molecule has 2 fully saturated rings. The zero-order chi connectivity index (χ0) is 10.7. The molecule has 88 valence electrons. The van der Waals surface area contributed by atoms with Crippen LogP contribution in [0.15, 0.2) is 0 Å². The number of hydrogen-bond donors (Lipinski definition) is 1.